The second-order valence-corrected chi connectivity index (χ2v) is 4.12. The fraction of sp³-hybridized carbons (Fsp3) is 0.364. The van der Waals surface area contributed by atoms with E-state index in [1.165, 1.54) is 0 Å². The van der Waals surface area contributed by atoms with Crippen molar-refractivity contribution >= 4 is 5.97 Å². The molecule has 0 aliphatic heterocycles. The summed E-state index contributed by atoms with van der Waals surface area (Å²) >= 11 is 0. The van der Waals surface area contributed by atoms with Gasteiger partial charge >= 0.3 is 0 Å². The van der Waals surface area contributed by atoms with Gasteiger partial charge in [0.25, 0.3) is 0 Å². The summed E-state index contributed by atoms with van der Waals surface area (Å²) in [7, 11) is 0. The van der Waals surface area contributed by atoms with Crippen LogP contribution in [0.5, 0.6) is 0 Å². The minimum Gasteiger partial charge on any atom is -0.545 e. The lowest BCUT2D eigenvalue weighted by Crippen LogP contribution is -2.23. The Morgan fingerprint density at radius 1 is 1.31 bits per heavy atom. The molecule has 0 amide bonds. The minimum atomic E-state index is -1.12. The molecule has 0 atom stereocenters. The molecular weight excluding hydrogens is 164 g/mol. The third-order valence-electron chi connectivity index (χ3n) is 1.96. The Morgan fingerprint density at radius 2 is 1.92 bits per heavy atom. The van der Waals surface area contributed by atoms with Crippen molar-refractivity contribution in [1.82, 2.24) is 0 Å². The highest BCUT2D eigenvalue weighted by molar-refractivity contribution is 5.85. The topological polar surface area (TPSA) is 40.1 Å². The third-order valence-corrected chi connectivity index (χ3v) is 1.96. The molecule has 0 saturated heterocycles. The third kappa shape index (κ3) is 2.31. The van der Waals surface area contributed by atoms with Crippen LogP contribution in [0.4, 0.5) is 0 Å². The van der Waals surface area contributed by atoms with Gasteiger partial charge in [-0.1, -0.05) is 39.0 Å². The van der Waals surface area contributed by atoms with E-state index in [1.54, 1.807) is 18.2 Å². The van der Waals surface area contributed by atoms with Crippen molar-refractivity contribution in [3.63, 3.8) is 0 Å². The average molecular weight is 177 g/mol. The van der Waals surface area contributed by atoms with Gasteiger partial charge in [0.15, 0.2) is 0 Å². The molecule has 0 aliphatic carbocycles. The van der Waals surface area contributed by atoms with Crippen LogP contribution in [0.3, 0.4) is 0 Å². The van der Waals surface area contributed by atoms with Crippen molar-refractivity contribution in [2.75, 3.05) is 0 Å². The van der Waals surface area contributed by atoms with Crippen molar-refractivity contribution in [3.8, 4) is 0 Å². The summed E-state index contributed by atoms with van der Waals surface area (Å²) in [6.45, 7) is 6.13. The minimum absolute atomic E-state index is 0.0224. The van der Waals surface area contributed by atoms with E-state index in [4.69, 9.17) is 0 Å². The number of benzene rings is 1. The van der Waals surface area contributed by atoms with E-state index in [0.29, 0.717) is 0 Å². The highest BCUT2D eigenvalue weighted by Crippen LogP contribution is 2.22. The summed E-state index contributed by atoms with van der Waals surface area (Å²) in [5.41, 5.74) is 1.23. The fourth-order valence-corrected chi connectivity index (χ4v) is 1.11. The molecule has 0 spiro atoms. The summed E-state index contributed by atoms with van der Waals surface area (Å²) < 4.78 is 0. The van der Waals surface area contributed by atoms with Gasteiger partial charge in [-0.05, 0) is 22.6 Å². The zero-order valence-electron chi connectivity index (χ0n) is 8.13. The number of carbonyl (C=O) groups excluding carboxylic acids is 1. The van der Waals surface area contributed by atoms with Gasteiger partial charge in [-0.3, -0.25) is 0 Å². The molecule has 0 fully saturated rings. The number of hydrogen-bond acceptors (Lipinski definition) is 2. The number of carboxylic acid groups (broad SMARTS) is 1. The Morgan fingerprint density at radius 3 is 2.38 bits per heavy atom. The number of rotatable bonds is 1. The summed E-state index contributed by atoms with van der Waals surface area (Å²) in [5.74, 6) is -1.12. The Kier molecular flexibility index (Phi) is 2.41. The van der Waals surface area contributed by atoms with Gasteiger partial charge < -0.3 is 9.90 Å². The first-order valence-electron chi connectivity index (χ1n) is 4.23. The number of carboxylic acids is 1. The van der Waals surface area contributed by atoms with Gasteiger partial charge in [0.05, 0.1) is 5.97 Å². The molecular formula is C11H13O2-. The lowest BCUT2D eigenvalue weighted by atomic mass is 9.86. The highest BCUT2D eigenvalue weighted by Gasteiger charge is 2.13. The van der Waals surface area contributed by atoms with E-state index in [0.717, 1.165) is 5.56 Å². The largest absolute Gasteiger partial charge is 0.545 e. The van der Waals surface area contributed by atoms with E-state index in [2.05, 4.69) is 0 Å². The first-order valence-corrected chi connectivity index (χ1v) is 4.23. The van der Waals surface area contributed by atoms with Gasteiger partial charge in [-0.15, -0.1) is 0 Å². The monoisotopic (exact) mass is 177 g/mol. The smallest absolute Gasteiger partial charge is 0.0715 e. The lowest BCUT2D eigenvalue weighted by Gasteiger charge is -2.19. The Bertz CT molecular complexity index is 321. The molecule has 1 aromatic rings. The summed E-state index contributed by atoms with van der Waals surface area (Å²) in [4.78, 5) is 10.6. The van der Waals surface area contributed by atoms with Crippen LogP contribution in [-0.2, 0) is 5.41 Å². The first-order chi connectivity index (χ1) is 5.91. The van der Waals surface area contributed by atoms with Gasteiger partial charge in [0, 0.05) is 0 Å². The van der Waals surface area contributed by atoms with Gasteiger partial charge in [-0.2, -0.15) is 0 Å². The van der Waals surface area contributed by atoms with Crippen LogP contribution < -0.4 is 5.11 Å². The maximum atomic E-state index is 10.6. The summed E-state index contributed by atoms with van der Waals surface area (Å²) in [5, 5.41) is 10.6. The van der Waals surface area contributed by atoms with E-state index in [9.17, 15) is 9.90 Å². The molecule has 2 nitrogen and oxygen atoms in total. The standard InChI is InChI=1S/C11H14O2/c1-11(2,3)9-6-4-5-8(7-9)10(12)13/h4-7H,1-3H3,(H,12,13)/p-1. The number of aromatic carboxylic acids is 1. The van der Waals surface area contributed by atoms with Crippen LogP contribution in [0.2, 0.25) is 0 Å². The Balaban J connectivity index is 3.13. The molecule has 0 aromatic heterocycles. The molecule has 70 valence electrons. The van der Waals surface area contributed by atoms with E-state index < -0.39 is 5.97 Å². The molecule has 0 bridgehead atoms. The van der Waals surface area contributed by atoms with Crippen molar-refractivity contribution in [3.05, 3.63) is 35.4 Å². The lowest BCUT2D eigenvalue weighted by molar-refractivity contribution is -0.255. The SMILES string of the molecule is CC(C)(C)c1cccc(C(=O)[O-])c1. The highest BCUT2D eigenvalue weighted by atomic mass is 16.4. The van der Waals surface area contributed by atoms with Crippen molar-refractivity contribution in [2.45, 2.75) is 26.2 Å². The number of carbonyl (C=O) groups is 1. The molecule has 0 saturated carbocycles. The molecule has 0 N–H and O–H groups in total. The average Bonchev–Trinajstić information content (AvgIpc) is 2.03. The maximum Gasteiger partial charge on any atom is 0.0715 e. The van der Waals surface area contributed by atoms with E-state index in [1.807, 2.05) is 26.8 Å². The molecule has 1 aromatic carbocycles. The number of hydrogen-bond donors (Lipinski definition) is 0. The summed E-state index contributed by atoms with van der Waals surface area (Å²) in [6.07, 6.45) is 0. The Labute approximate surface area is 78.2 Å². The molecule has 0 unspecified atom stereocenters. The second kappa shape index (κ2) is 3.21. The van der Waals surface area contributed by atoms with E-state index >= 15 is 0 Å². The second-order valence-electron chi connectivity index (χ2n) is 4.12. The zero-order valence-corrected chi connectivity index (χ0v) is 8.13. The normalized spacial score (nSPS) is 11.3. The Hall–Kier alpha value is -1.31. The van der Waals surface area contributed by atoms with Crippen LogP contribution in [0.1, 0.15) is 36.7 Å². The van der Waals surface area contributed by atoms with Gasteiger partial charge in [0.1, 0.15) is 0 Å². The van der Waals surface area contributed by atoms with Gasteiger partial charge in [-0.25, -0.2) is 0 Å². The molecule has 0 aliphatic rings. The van der Waals surface area contributed by atoms with Crippen LogP contribution in [-0.4, -0.2) is 5.97 Å². The van der Waals surface area contributed by atoms with Crippen LogP contribution in [0.25, 0.3) is 0 Å². The molecule has 13 heavy (non-hydrogen) atoms. The first kappa shape index (κ1) is 9.78. The molecule has 0 radical (unpaired) electrons. The molecule has 1 rings (SSSR count). The molecule has 0 heterocycles. The predicted octanol–water partition coefficient (Wildman–Crippen LogP) is 1.35. The van der Waals surface area contributed by atoms with E-state index in [-0.39, 0.29) is 11.0 Å². The van der Waals surface area contributed by atoms with Crippen molar-refractivity contribution < 1.29 is 9.90 Å². The maximum absolute atomic E-state index is 10.6. The van der Waals surface area contributed by atoms with Crippen LogP contribution in [0, 0.1) is 0 Å². The summed E-state index contributed by atoms with van der Waals surface area (Å²) in [6, 6.07) is 6.87. The van der Waals surface area contributed by atoms with Crippen LogP contribution >= 0.6 is 0 Å². The molecule has 2 heteroatoms. The predicted molar refractivity (Wildman–Crippen MR) is 49.5 cm³/mol. The zero-order chi connectivity index (χ0) is 10.1. The quantitative estimate of drug-likeness (QED) is 0.649. The van der Waals surface area contributed by atoms with Crippen LogP contribution in [0.15, 0.2) is 24.3 Å². The van der Waals surface area contributed by atoms with Gasteiger partial charge in [0.2, 0.25) is 0 Å². The van der Waals surface area contributed by atoms with Crippen molar-refractivity contribution in [2.24, 2.45) is 0 Å². The fourth-order valence-electron chi connectivity index (χ4n) is 1.11. The van der Waals surface area contributed by atoms with Crippen molar-refractivity contribution in [1.29, 1.82) is 0 Å².